The third kappa shape index (κ3) is 9.96. The van der Waals surface area contributed by atoms with Crippen LogP contribution in [0.2, 0.25) is 0 Å². The smallest absolute Gasteiger partial charge is 0.288 e. The summed E-state index contributed by atoms with van der Waals surface area (Å²) < 4.78 is 17.8. The summed E-state index contributed by atoms with van der Waals surface area (Å²) in [4.78, 5) is 2.26. The van der Waals surface area contributed by atoms with Gasteiger partial charge in [-0.2, -0.15) is 0 Å². The highest BCUT2D eigenvalue weighted by molar-refractivity contribution is 5.85. The minimum atomic E-state index is -1.09. The molecular weight excluding hydrogens is 436 g/mol. The number of hydrogen-bond acceptors (Lipinski definition) is 5. The summed E-state index contributed by atoms with van der Waals surface area (Å²) in [5, 5.41) is 0. The Morgan fingerprint density at radius 1 is 0.879 bits per heavy atom. The van der Waals surface area contributed by atoms with Gasteiger partial charge in [0.15, 0.2) is 0 Å². The zero-order valence-electron chi connectivity index (χ0n) is 21.5. The number of nitrogens with zero attached hydrogens (tertiary/aromatic N) is 1. The third-order valence-corrected chi connectivity index (χ3v) is 6.69. The molecule has 5 nitrogen and oxygen atoms in total. The molecule has 0 heterocycles. The molecule has 0 aliphatic carbocycles. The molecule has 0 aromatic heterocycles. The van der Waals surface area contributed by atoms with Crippen LogP contribution in [0.5, 0.6) is 0 Å². The van der Waals surface area contributed by atoms with Gasteiger partial charge in [-0.25, -0.2) is 0 Å². The van der Waals surface area contributed by atoms with Gasteiger partial charge in [0.05, 0.1) is 5.41 Å². The minimum Gasteiger partial charge on any atom is -0.374 e. The van der Waals surface area contributed by atoms with E-state index in [9.17, 15) is 0 Å². The maximum atomic E-state index is 5.95. The molecule has 0 aliphatic rings. The van der Waals surface area contributed by atoms with Crippen LogP contribution in [0.4, 0.5) is 0 Å². The normalized spacial score (nSPS) is 13.2. The Bertz CT molecular complexity index is 590. The lowest BCUT2D eigenvalue weighted by Gasteiger charge is -2.48. The molecule has 6 heteroatoms. The average Bonchev–Trinajstić information content (AvgIpc) is 2.84. The van der Waals surface area contributed by atoms with E-state index < -0.39 is 5.97 Å². The molecule has 1 rings (SSSR count). The van der Waals surface area contributed by atoms with Crippen molar-refractivity contribution in [2.75, 3.05) is 34.4 Å². The summed E-state index contributed by atoms with van der Waals surface area (Å²) >= 11 is 0. The second-order valence-corrected chi connectivity index (χ2v) is 8.75. The van der Waals surface area contributed by atoms with Crippen molar-refractivity contribution in [2.45, 2.75) is 83.6 Å². The van der Waals surface area contributed by atoms with E-state index >= 15 is 0 Å². The topological polar surface area (TPSA) is 57.0 Å². The van der Waals surface area contributed by atoms with Gasteiger partial charge < -0.3 is 24.8 Å². The molecule has 0 radical (unpaired) electrons. The molecule has 0 amide bonds. The molecule has 1 atom stereocenters. The zero-order chi connectivity index (χ0) is 23.7. The Kier molecular flexibility index (Phi) is 17.6. The Morgan fingerprint density at radius 3 is 2.00 bits per heavy atom. The number of halogens is 1. The standard InChI is InChI=1S/C27H48N2O3.ClH/c1-6-8-9-10-11-15-19-26(20-16-22-28,27(30-3,31-4)32-5)21-23-29(7-2)24-25-17-13-12-14-18-25;/h7,12-14,17-18H,2,6,8-11,15-16,19-24,28H2,1,3-5H3;1H. The minimum absolute atomic E-state index is 0. The average molecular weight is 485 g/mol. The first-order valence-corrected chi connectivity index (χ1v) is 12.3. The molecule has 1 unspecified atom stereocenters. The largest absolute Gasteiger partial charge is 0.374 e. The van der Waals surface area contributed by atoms with Gasteiger partial charge >= 0.3 is 0 Å². The van der Waals surface area contributed by atoms with Gasteiger partial charge in [0, 0.05) is 34.4 Å². The van der Waals surface area contributed by atoms with Crippen molar-refractivity contribution >= 4 is 12.4 Å². The van der Waals surface area contributed by atoms with Gasteiger partial charge in [0.2, 0.25) is 0 Å². The number of rotatable bonds is 20. The number of hydrogen-bond donors (Lipinski definition) is 1. The van der Waals surface area contributed by atoms with Crippen LogP contribution in [-0.2, 0) is 20.8 Å². The second kappa shape index (κ2) is 18.2. The fraction of sp³-hybridized carbons (Fsp3) is 0.704. The lowest BCUT2D eigenvalue weighted by molar-refractivity contribution is -0.411. The molecule has 192 valence electrons. The summed E-state index contributed by atoms with van der Waals surface area (Å²) in [7, 11) is 5.04. The first kappa shape index (κ1) is 31.9. The molecule has 0 saturated carbocycles. The van der Waals surface area contributed by atoms with Crippen molar-refractivity contribution < 1.29 is 14.2 Å². The third-order valence-electron chi connectivity index (χ3n) is 6.69. The maximum Gasteiger partial charge on any atom is 0.288 e. The zero-order valence-corrected chi connectivity index (χ0v) is 22.3. The van der Waals surface area contributed by atoms with E-state index in [1.807, 2.05) is 12.3 Å². The first-order chi connectivity index (χ1) is 15.6. The fourth-order valence-electron chi connectivity index (χ4n) is 4.83. The van der Waals surface area contributed by atoms with E-state index in [1.165, 1.54) is 37.7 Å². The maximum absolute atomic E-state index is 5.95. The van der Waals surface area contributed by atoms with Gasteiger partial charge in [0.1, 0.15) is 0 Å². The van der Waals surface area contributed by atoms with Gasteiger partial charge in [-0.05, 0) is 44.0 Å². The predicted octanol–water partition coefficient (Wildman–Crippen LogP) is 6.51. The van der Waals surface area contributed by atoms with Crippen LogP contribution in [0, 0.1) is 5.41 Å². The van der Waals surface area contributed by atoms with Gasteiger partial charge in [-0.1, -0.05) is 82.4 Å². The van der Waals surface area contributed by atoms with Crippen LogP contribution in [0.1, 0.15) is 76.7 Å². The quantitative estimate of drug-likeness (QED) is 0.169. The van der Waals surface area contributed by atoms with Crippen LogP contribution in [0.3, 0.4) is 0 Å². The molecule has 0 saturated heterocycles. The van der Waals surface area contributed by atoms with Crippen LogP contribution in [0.25, 0.3) is 0 Å². The lowest BCUT2D eigenvalue weighted by atomic mass is 9.72. The van der Waals surface area contributed by atoms with Gasteiger partial charge in [-0.3, -0.25) is 0 Å². The van der Waals surface area contributed by atoms with Crippen LogP contribution < -0.4 is 5.73 Å². The summed E-state index contributed by atoms with van der Waals surface area (Å²) in [6.07, 6.45) is 13.1. The van der Waals surface area contributed by atoms with Crippen molar-refractivity contribution in [3.8, 4) is 0 Å². The van der Waals surface area contributed by atoms with Crippen LogP contribution >= 0.6 is 12.4 Å². The highest BCUT2D eigenvalue weighted by Crippen LogP contribution is 2.47. The van der Waals surface area contributed by atoms with Crippen molar-refractivity contribution in [1.82, 2.24) is 4.90 Å². The highest BCUT2D eigenvalue weighted by Gasteiger charge is 2.52. The molecule has 33 heavy (non-hydrogen) atoms. The van der Waals surface area contributed by atoms with Crippen molar-refractivity contribution in [3.63, 3.8) is 0 Å². The summed E-state index contributed by atoms with van der Waals surface area (Å²) in [5.74, 6) is -1.09. The molecule has 0 fully saturated rings. The molecule has 0 spiro atoms. The Balaban J connectivity index is 0.0000102. The van der Waals surface area contributed by atoms with E-state index in [1.54, 1.807) is 21.3 Å². The molecule has 0 aliphatic heterocycles. The van der Waals surface area contributed by atoms with E-state index in [0.29, 0.717) is 6.54 Å². The molecule has 1 aromatic rings. The number of nitrogens with two attached hydrogens (primary N) is 1. The SMILES string of the molecule is C=CN(CCC(CCCN)(CCCCCCCC)C(OC)(OC)OC)Cc1ccccc1.Cl. The summed E-state index contributed by atoms with van der Waals surface area (Å²) in [5.41, 5.74) is 6.92. The molecule has 0 bridgehead atoms. The Morgan fingerprint density at radius 2 is 1.45 bits per heavy atom. The molecular formula is C27H49ClN2O3. The predicted molar refractivity (Wildman–Crippen MR) is 141 cm³/mol. The number of ether oxygens (including phenoxy) is 3. The molecule has 1 aromatic carbocycles. The van der Waals surface area contributed by atoms with Crippen LogP contribution in [-0.4, -0.2) is 45.3 Å². The fourth-order valence-corrected chi connectivity index (χ4v) is 4.83. The summed E-state index contributed by atoms with van der Waals surface area (Å²) in [6.45, 7) is 8.62. The van der Waals surface area contributed by atoms with E-state index in [2.05, 4.69) is 42.7 Å². The van der Waals surface area contributed by atoms with Crippen molar-refractivity contribution in [3.05, 3.63) is 48.7 Å². The Labute approximate surface area is 209 Å². The van der Waals surface area contributed by atoms with Crippen molar-refractivity contribution in [1.29, 1.82) is 0 Å². The first-order valence-electron chi connectivity index (χ1n) is 12.3. The monoisotopic (exact) mass is 484 g/mol. The van der Waals surface area contributed by atoms with E-state index in [0.717, 1.165) is 45.2 Å². The highest BCUT2D eigenvalue weighted by atomic mass is 35.5. The molecule has 2 N–H and O–H groups in total. The van der Waals surface area contributed by atoms with Gasteiger partial charge in [-0.15, -0.1) is 12.4 Å². The second-order valence-electron chi connectivity index (χ2n) is 8.75. The van der Waals surface area contributed by atoms with E-state index in [-0.39, 0.29) is 17.8 Å². The number of unbranched alkanes of at least 4 members (excludes halogenated alkanes) is 5. The Hall–Kier alpha value is -1.11. The van der Waals surface area contributed by atoms with Crippen LogP contribution in [0.15, 0.2) is 43.1 Å². The lowest BCUT2D eigenvalue weighted by Crippen LogP contribution is -2.54. The number of methoxy groups -OCH3 is 3. The number of benzene rings is 1. The summed E-state index contributed by atoms with van der Waals surface area (Å²) in [6, 6.07) is 10.5. The van der Waals surface area contributed by atoms with Crippen molar-refractivity contribution in [2.24, 2.45) is 11.1 Å². The van der Waals surface area contributed by atoms with Gasteiger partial charge in [0.25, 0.3) is 5.97 Å². The van der Waals surface area contributed by atoms with E-state index in [4.69, 9.17) is 19.9 Å².